The molecule has 0 aromatic carbocycles. The van der Waals surface area contributed by atoms with Crippen molar-refractivity contribution in [2.45, 2.75) is 13.1 Å². The zero-order valence-corrected chi connectivity index (χ0v) is 8.15. The molecule has 0 saturated heterocycles. The molecule has 0 aliphatic heterocycles. The van der Waals surface area contributed by atoms with E-state index in [4.69, 9.17) is 5.73 Å². The summed E-state index contributed by atoms with van der Waals surface area (Å²) in [6, 6.07) is 0. The van der Waals surface area contributed by atoms with Crippen LogP contribution >= 0.6 is 0 Å². The van der Waals surface area contributed by atoms with E-state index in [0.29, 0.717) is 0 Å². The van der Waals surface area contributed by atoms with Crippen molar-refractivity contribution in [2.24, 2.45) is 17.8 Å². The molecule has 5 heteroatoms. The molecule has 3 N–H and O–H groups in total. The van der Waals surface area contributed by atoms with Gasteiger partial charge in [0.25, 0.3) is 0 Å². The lowest BCUT2D eigenvalue weighted by Gasteiger charge is -2.07. The summed E-state index contributed by atoms with van der Waals surface area (Å²) in [4.78, 5) is 8.36. The van der Waals surface area contributed by atoms with Crippen LogP contribution < -0.4 is 11.1 Å². The minimum Gasteiger partial charge on any atom is -0.319 e. The predicted molar refractivity (Wildman–Crippen MR) is 53.0 cm³/mol. The summed E-state index contributed by atoms with van der Waals surface area (Å²) < 4.78 is 1.84. The molecular formula is C8H15N5. The first-order valence-corrected chi connectivity index (χ1v) is 4.13. The Balaban J connectivity index is 3.06. The smallest absolute Gasteiger partial charge is 0.157 e. The van der Waals surface area contributed by atoms with Crippen molar-refractivity contribution < 1.29 is 0 Å². The van der Waals surface area contributed by atoms with Crippen LogP contribution in [0.15, 0.2) is 11.3 Å². The highest BCUT2D eigenvalue weighted by Gasteiger charge is 2.12. The summed E-state index contributed by atoms with van der Waals surface area (Å²) in [6.45, 7) is 1.86. The van der Waals surface area contributed by atoms with Crippen LogP contribution in [0.3, 0.4) is 0 Å². The zero-order chi connectivity index (χ0) is 9.84. The number of aliphatic imine (C=N–C) groups is 1. The molecule has 13 heavy (non-hydrogen) atoms. The average molecular weight is 181 g/mol. The molecule has 1 unspecified atom stereocenters. The fourth-order valence-electron chi connectivity index (χ4n) is 1.08. The highest BCUT2D eigenvalue weighted by atomic mass is 15.1. The number of nitrogens with two attached hydrogens (primary N) is 1. The van der Waals surface area contributed by atoms with Gasteiger partial charge in [0.15, 0.2) is 5.82 Å². The van der Waals surface area contributed by atoms with Crippen molar-refractivity contribution in [3.63, 3.8) is 0 Å². The van der Waals surface area contributed by atoms with Crippen LogP contribution in [0.5, 0.6) is 0 Å². The van der Waals surface area contributed by atoms with E-state index in [0.717, 1.165) is 11.5 Å². The molecule has 1 aromatic heterocycles. The summed E-state index contributed by atoms with van der Waals surface area (Å²) in [5.41, 5.74) is 6.54. The van der Waals surface area contributed by atoms with Crippen molar-refractivity contribution in [3.05, 3.63) is 12.0 Å². The Morgan fingerprint density at radius 1 is 1.77 bits per heavy atom. The van der Waals surface area contributed by atoms with Crippen molar-refractivity contribution >= 4 is 12.0 Å². The summed E-state index contributed by atoms with van der Waals surface area (Å²) in [6.07, 6.45) is 3.16. The van der Waals surface area contributed by atoms with Gasteiger partial charge in [-0.15, -0.1) is 0 Å². The van der Waals surface area contributed by atoms with Gasteiger partial charge >= 0.3 is 0 Å². The first-order chi connectivity index (χ1) is 6.20. The Hall–Kier alpha value is -1.20. The van der Waals surface area contributed by atoms with Crippen LogP contribution in [0.4, 0.5) is 5.82 Å². The second kappa shape index (κ2) is 4.15. The van der Waals surface area contributed by atoms with Gasteiger partial charge in [0.05, 0.1) is 6.33 Å². The second-order valence-electron chi connectivity index (χ2n) is 2.72. The van der Waals surface area contributed by atoms with Gasteiger partial charge in [0.2, 0.25) is 0 Å². The summed E-state index contributed by atoms with van der Waals surface area (Å²) in [5.74, 6) is 0.796. The minimum atomic E-state index is -0.264. The van der Waals surface area contributed by atoms with Gasteiger partial charge in [0.1, 0.15) is 11.9 Å². The highest BCUT2D eigenvalue weighted by molar-refractivity contribution is 5.60. The third-order valence-electron chi connectivity index (χ3n) is 1.79. The van der Waals surface area contributed by atoms with E-state index in [-0.39, 0.29) is 6.17 Å². The average Bonchev–Trinajstić information content (AvgIpc) is 2.48. The summed E-state index contributed by atoms with van der Waals surface area (Å²) in [7, 11) is 3.68. The number of hydrogen-bond acceptors (Lipinski definition) is 4. The van der Waals surface area contributed by atoms with E-state index in [1.807, 2.05) is 18.5 Å². The lowest BCUT2D eigenvalue weighted by molar-refractivity contribution is 0.608. The SMILES string of the molecule is C/C=N\c1c(C(N)NC)ncn1C. The molecule has 0 saturated carbocycles. The topological polar surface area (TPSA) is 68.2 Å². The molecule has 0 aliphatic rings. The molecule has 0 aliphatic carbocycles. The normalized spacial score (nSPS) is 13.8. The lowest BCUT2D eigenvalue weighted by atomic mass is 10.3. The van der Waals surface area contributed by atoms with E-state index in [1.165, 1.54) is 0 Å². The van der Waals surface area contributed by atoms with Gasteiger partial charge in [-0.05, 0) is 14.0 Å². The molecule has 72 valence electrons. The molecule has 0 spiro atoms. The first-order valence-electron chi connectivity index (χ1n) is 4.13. The predicted octanol–water partition coefficient (Wildman–Crippen LogP) is 0.319. The van der Waals surface area contributed by atoms with Gasteiger partial charge in [-0.25, -0.2) is 9.98 Å². The number of aryl methyl sites for hydroxylation is 1. The second-order valence-corrected chi connectivity index (χ2v) is 2.72. The van der Waals surface area contributed by atoms with Crippen molar-refractivity contribution in [2.75, 3.05) is 7.05 Å². The number of nitrogens with one attached hydrogen (secondary N) is 1. The number of nitrogens with zero attached hydrogens (tertiary/aromatic N) is 3. The Bertz CT molecular complexity index is 301. The molecule has 5 nitrogen and oxygen atoms in total. The van der Waals surface area contributed by atoms with Crippen molar-refractivity contribution in [1.29, 1.82) is 0 Å². The van der Waals surface area contributed by atoms with Crippen LogP contribution in [0, 0.1) is 0 Å². The lowest BCUT2D eigenvalue weighted by Crippen LogP contribution is -2.25. The van der Waals surface area contributed by atoms with Gasteiger partial charge in [-0.2, -0.15) is 0 Å². The van der Waals surface area contributed by atoms with Gasteiger partial charge in [-0.1, -0.05) is 0 Å². The minimum absolute atomic E-state index is 0.264. The maximum Gasteiger partial charge on any atom is 0.157 e. The fraction of sp³-hybridized carbons (Fsp3) is 0.500. The van der Waals surface area contributed by atoms with Crippen LogP contribution in [-0.2, 0) is 7.05 Å². The van der Waals surface area contributed by atoms with Gasteiger partial charge in [-0.3, -0.25) is 5.32 Å². The third-order valence-corrected chi connectivity index (χ3v) is 1.79. The Kier molecular flexibility index (Phi) is 3.16. The number of imidazole rings is 1. The van der Waals surface area contributed by atoms with Gasteiger partial charge < -0.3 is 10.3 Å². The van der Waals surface area contributed by atoms with Gasteiger partial charge in [0, 0.05) is 13.3 Å². The maximum absolute atomic E-state index is 5.78. The third kappa shape index (κ3) is 1.93. The molecule has 1 heterocycles. The van der Waals surface area contributed by atoms with Crippen molar-refractivity contribution in [3.8, 4) is 0 Å². The molecule has 0 bridgehead atoms. The van der Waals surface area contributed by atoms with E-state index in [1.54, 1.807) is 19.6 Å². The van der Waals surface area contributed by atoms with Crippen LogP contribution in [0.2, 0.25) is 0 Å². The number of rotatable bonds is 3. The standard InChI is InChI=1S/C8H15N5/c1-4-11-8-6(7(9)10-2)12-5-13(8)3/h4-5,7,10H,9H2,1-3H3/b11-4-. The zero-order valence-electron chi connectivity index (χ0n) is 8.15. The largest absolute Gasteiger partial charge is 0.319 e. The molecule has 0 amide bonds. The Morgan fingerprint density at radius 2 is 2.46 bits per heavy atom. The first kappa shape index (κ1) is 9.88. The van der Waals surface area contributed by atoms with E-state index < -0.39 is 0 Å². The maximum atomic E-state index is 5.78. The Morgan fingerprint density at radius 3 is 3.00 bits per heavy atom. The van der Waals surface area contributed by atoms with E-state index >= 15 is 0 Å². The number of aromatic nitrogens is 2. The molecule has 0 radical (unpaired) electrons. The van der Waals surface area contributed by atoms with Crippen LogP contribution in [-0.4, -0.2) is 22.8 Å². The molecule has 1 aromatic rings. The number of hydrogen-bond donors (Lipinski definition) is 2. The summed E-state index contributed by atoms with van der Waals surface area (Å²) >= 11 is 0. The molecule has 0 fully saturated rings. The highest BCUT2D eigenvalue weighted by Crippen LogP contribution is 2.19. The van der Waals surface area contributed by atoms with Crippen molar-refractivity contribution in [1.82, 2.24) is 14.9 Å². The summed E-state index contributed by atoms with van der Waals surface area (Å²) in [5, 5.41) is 2.92. The van der Waals surface area contributed by atoms with E-state index in [2.05, 4.69) is 15.3 Å². The molecule has 1 rings (SSSR count). The fourth-order valence-corrected chi connectivity index (χ4v) is 1.08. The monoisotopic (exact) mass is 181 g/mol. The van der Waals surface area contributed by atoms with Crippen LogP contribution in [0.1, 0.15) is 18.8 Å². The quantitative estimate of drug-likeness (QED) is 0.521. The van der Waals surface area contributed by atoms with Crippen LogP contribution in [0.25, 0.3) is 0 Å². The molecule has 1 atom stereocenters. The Labute approximate surface area is 77.7 Å². The van der Waals surface area contributed by atoms with E-state index in [9.17, 15) is 0 Å². The molecular weight excluding hydrogens is 166 g/mol.